The fourth-order valence-corrected chi connectivity index (χ4v) is 1.15. The van der Waals surface area contributed by atoms with Gasteiger partial charge >= 0.3 is 0 Å². The van der Waals surface area contributed by atoms with E-state index in [1.165, 1.54) is 0 Å². The summed E-state index contributed by atoms with van der Waals surface area (Å²) >= 11 is 0. The first-order valence-electron chi connectivity index (χ1n) is 4.64. The van der Waals surface area contributed by atoms with Crippen LogP contribution in [-0.4, -0.2) is 5.78 Å². The second-order valence-corrected chi connectivity index (χ2v) is 3.10. The molecule has 1 heteroatoms. The predicted molar refractivity (Wildman–Crippen MR) is 59.9 cm³/mol. The third kappa shape index (κ3) is 3.02. The molecule has 0 saturated heterocycles. The van der Waals surface area contributed by atoms with E-state index in [1.54, 1.807) is 12.2 Å². The average Bonchev–Trinajstić information content (AvgIpc) is 2.19. The molecule has 0 fully saturated rings. The zero-order valence-corrected chi connectivity index (χ0v) is 8.53. The molecule has 0 heterocycles. The highest BCUT2D eigenvalue weighted by Crippen LogP contribution is 2.07. The fraction of sp³-hybridized carbons (Fsp3) is 0.154. The highest BCUT2D eigenvalue weighted by atomic mass is 16.1. The van der Waals surface area contributed by atoms with Crippen molar-refractivity contribution in [3.05, 3.63) is 53.6 Å². The number of hydrogen-bond donors (Lipinski definition) is 0. The van der Waals surface area contributed by atoms with Crippen molar-refractivity contribution in [2.75, 3.05) is 0 Å². The van der Waals surface area contributed by atoms with Crippen LogP contribution in [-0.2, 0) is 4.79 Å². The van der Waals surface area contributed by atoms with E-state index in [-0.39, 0.29) is 5.78 Å². The number of carbonyl (C=O) groups excluding carboxylic acids is 1. The minimum atomic E-state index is 0.0661. The summed E-state index contributed by atoms with van der Waals surface area (Å²) in [5.74, 6) is 0.0661. The van der Waals surface area contributed by atoms with Crippen LogP contribution in [0.2, 0.25) is 0 Å². The van der Waals surface area contributed by atoms with Crippen LogP contribution in [0.15, 0.2) is 48.1 Å². The van der Waals surface area contributed by atoms with Crippen LogP contribution in [0, 0.1) is 0 Å². The summed E-state index contributed by atoms with van der Waals surface area (Å²) in [6.45, 7) is 3.67. The lowest BCUT2D eigenvalue weighted by atomic mass is 10.1. The van der Waals surface area contributed by atoms with E-state index in [0.29, 0.717) is 0 Å². The van der Waals surface area contributed by atoms with Gasteiger partial charge in [0.1, 0.15) is 0 Å². The monoisotopic (exact) mass is 186 g/mol. The highest BCUT2D eigenvalue weighted by Gasteiger charge is 1.98. The van der Waals surface area contributed by atoms with Crippen molar-refractivity contribution in [2.24, 2.45) is 0 Å². The lowest BCUT2D eigenvalue weighted by molar-refractivity contribution is -0.111. The van der Waals surface area contributed by atoms with E-state index < -0.39 is 0 Å². The average molecular weight is 186 g/mol. The molecule has 72 valence electrons. The summed E-state index contributed by atoms with van der Waals surface area (Å²) < 4.78 is 0. The molecular formula is C13H14O. The molecule has 1 aromatic carbocycles. The summed E-state index contributed by atoms with van der Waals surface area (Å²) in [7, 11) is 0. The van der Waals surface area contributed by atoms with Gasteiger partial charge in [-0.25, -0.2) is 0 Å². The second-order valence-electron chi connectivity index (χ2n) is 3.10. The lowest BCUT2D eigenvalue weighted by Crippen LogP contribution is -1.93. The smallest absolute Gasteiger partial charge is 0.181 e. The van der Waals surface area contributed by atoms with Gasteiger partial charge in [0.25, 0.3) is 0 Å². The Balaban J connectivity index is 2.84. The van der Waals surface area contributed by atoms with Crippen molar-refractivity contribution in [3.63, 3.8) is 0 Å². The fourth-order valence-electron chi connectivity index (χ4n) is 1.15. The van der Waals surface area contributed by atoms with Gasteiger partial charge in [-0.05, 0) is 37.1 Å². The maximum absolute atomic E-state index is 11.4. The van der Waals surface area contributed by atoms with Gasteiger partial charge in [-0.2, -0.15) is 0 Å². The Bertz CT molecular complexity index is 358. The molecule has 0 N–H and O–H groups in total. The molecule has 0 aliphatic rings. The Morgan fingerprint density at radius 1 is 1.21 bits per heavy atom. The number of allylic oxidation sites excluding steroid dienone is 3. The predicted octanol–water partition coefficient (Wildman–Crippen LogP) is 3.24. The summed E-state index contributed by atoms with van der Waals surface area (Å²) in [6, 6.07) is 9.83. The van der Waals surface area contributed by atoms with Crippen molar-refractivity contribution in [3.8, 4) is 0 Å². The van der Waals surface area contributed by atoms with Crippen molar-refractivity contribution in [1.82, 2.24) is 0 Å². The molecule has 0 amide bonds. The Morgan fingerprint density at radius 3 is 2.43 bits per heavy atom. The first kappa shape index (κ1) is 10.5. The summed E-state index contributed by atoms with van der Waals surface area (Å²) in [6.07, 6.45) is 5.22. The topological polar surface area (TPSA) is 17.1 Å². The van der Waals surface area contributed by atoms with E-state index in [9.17, 15) is 4.79 Å². The second kappa shape index (κ2) is 5.18. The van der Waals surface area contributed by atoms with Gasteiger partial charge in [0.15, 0.2) is 5.78 Å². The van der Waals surface area contributed by atoms with Gasteiger partial charge < -0.3 is 0 Å². The maximum Gasteiger partial charge on any atom is 0.181 e. The molecule has 1 rings (SSSR count). The van der Waals surface area contributed by atoms with E-state index in [0.717, 1.165) is 11.1 Å². The highest BCUT2D eigenvalue weighted by molar-refractivity contribution is 6.06. The Morgan fingerprint density at radius 2 is 1.86 bits per heavy atom. The molecule has 0 radical (unpaired) electrons. The number of ketones is 1. The normalized spacial score (nSPS) is 12.0. The van der Waals surface area contributed by atoms with Gasteiger partial charge in [-0.3, -0.25) is 4.79 Å². The molecule has 14 heavy (non-hydrogen) atoms. The molecule has 0 aromatic heterocycles. The molecule has 0 spiro atoms. The molecule has 0 bridgehead atoms. The quantitative estimate of drug-likeness (QED) is 0.662. The van der Waals surface area contributed by atoms with Crippen molar-refractivity contribution < 1.29 is 4.79 Å². The Hall–Kier alpha value is -1.63. The van der Waals surface area contributed by atoms with Crippen molar-refractivity contribution in [1.29, 1.82) is 0 Å². The molecule has 0 atom stereocenters. The van der Waals surface area contributed by atoms with Crippen molar-refractivity contribution >= 4 is 11.9 Å². The van der Waals surface area contributed by atoms with E-state index in [1.807, 2.05) is 50.3 Å². The van der Waals surface area contributed by atoms with Gasteiger partial charge in [0.2, 0.25) is 0 Å². The molecule has 1 nitrogen and oxygen atoms in total. The third-order valence-electron chi connectivity index (χ3n) is 1.89. The molecule has 0 unspecified atom stereocenters. The van der Waals surface area contributed by atoms with Crippen LogP contribution in [0.3, 0.4) is 0 Å². The molecular weight excluding hydrogens is 172 g/mol. The summed E-state index contributed by atoms with van der Waals surface area (Å²) in [4.78, 5) is 11.4. The van der Waals surface area contributed by atoms with Gasteiger partial charge in [0, 0.05) is 0 Å². The van der Waals surface area contributed by atoms with Crippen LogP contribution in [0.25, 0.3) is 6.08 Å². The molecule has 1 aromatic rings. The third-order valence-corrected chi connectivity index (χ3v) is 1.89. The van der Waals surface area contributed by atoms with E-state index in [4.69, 9.17) is 0 Å². The van der Waals surface area contributed by atoms with Crippen LogP contribution < -0.4 is 0 Å². The Labute approximate surface area is 84.8 Å². The minimum absolute atomic E-state index is 0.0661. The SMILES string of the molecule is C/C=C/C(=O)/C(C)=C/c1ccccc1. The van der Waals surface area contributed by atoms with Crippen LogP contribution in [0.4, 0.5) is 0 Å². The van der Waals surface area contributed by atoms with Gasteiger partial charge in [0.05, 0.1) is 0 Å². The standard InChI is InChI=1S/C13H14O/c1-3-7-13(14)11(2)10-12-8-5-4-6-9-12/h3-10H,1-2H3/b7-3+,11-10+. The van der Waals surface area contributed by atoms with Crippen LogP contribution in [0.1, 0.15) is 19.4 Å². The van der Waals surface area contributed by atoms with Crippen LogP contribution in [0.5, 0.6) is 0 Å². The molecule has 0 aliphatic carbocycles. The van der Waals surface area contributed by atoms with E-state index in [2.05, 4.69) is 0 Å². The molecule has 0 saturated carbocycles. The number of hydrogen-bond acceptors (Lipinski definition) is 1. The summed E-state index contributed by atoms with van der Waals surface area (Å²) in [5.41, 5.74) is 1.82. The summed E-state index contributed by atoms with van der Waals surface area (Å²) in [5, 5.41) is 0. The molecule has 0 aliphatic heterocycles. The maximum atomic E-state index is 11.4. The minimum Gasteiger partial charge on any atom is -0.290 e. The van der Waals surface area contributed by atoms with E-state index >= 15 is 0 Å². The first-order chi connectivity index (χ1) is 6.74. The zero-order valence-electron chi connectivity index (χ0n) is 8.53. The number of carbonyl (C=O) groups is 1. The van der Waals surface area contributed by atoms with Gasteiger partial charge in [-0.1, -0.05) is 36.4 Å². The number of rotatable bonds is 3. The first-order valence-corrected chi connectivity index (χ1v) is 4.64. The zero-order chi connectivity index (χ0) is 10.4. The number of benzene rings is 1. The van der Waals surface area contributed by atoms with Crippen molar-refractivity contribution in [2.45, 2.75) is 13.8 Å². The van der Waals surface area contributed by atoms with Gasteiger partial charge in [-0.15, -0.1) is 0 Å². The Kier molecular flexibility index (Phi) is 3.86. The largest absolute Gasteiger partial charge is 0.290 e. The van der Waals surface area contributed by atoms with Crippen LogP contribution >= 0.6 is 0 Å². The lowest BCUT2D eigenvalue weighted by Gasteiger charge is -1.95.